The Morgan fingerprint density at radius 3 is 1.95 bits per heavy atom. The second kappa shape index (κ2) is 28.6. The molecule has 20 nitrogen and oxygen atoms in total. The molecule has 1 fully saturated rings. The van der Waals surface area contributed by atoms with E-state index in [9.17, 15) is 33.6 Å². The number of amides is 6. The van der Waals surface area contributed by atoms with Gasteiger partial charge in [0.2, 0.25) is 29.5 Å². The van der Waals surface area contributed by atoms with Gasteiger partial charge in [-0.1, -0.05) is 79.7 Å². The Hall–Kier alpha value is -8.81. The molecule has 0 aromatic heterocycles. The molecule has 3 aliphatic rings. The molecule has 0 bridgehead atoms. The van der Waals surface area contributed by atoms with Crippen LogP contribution in [-0.4, -0.2) is 129 Å². The predicted molar refractivity (Wildman–Crippen MR) is 355 cm³/mol. The summed E-state index contributed by atoms with van der Waals surface area (Å²) in [5, 5.41) is 11.5. The van der Waals surface area contributed by atoms with E-state index in [2.05, 4.69) is 49.0 Å². The fraction of sp³-hybridized carbons (Fsp3) is 0.479. The highest BCUT2D eigenvalue weighted by molar-refractivity contribution is 6.21. The first kappa shape index (κ1) is 69.7. The van der Waals surface area contributed by atoms with Crippen molar-refractivity contribution in [3.63, 3.8) is 0 Å². The van der Waals surface area contributed by atoms with Crippen molar-refractivity contribution in [3.8, 4) is 28.7 Å². The maximum atomic E-state index is 13.7. The lowest BCUT2D eigenvalue weighted by atomic mass is 9.72. The van der Waals surface area contributed by atoms with Crippen molar-refractivity contribution < 1.29 is 57.2 Å². The van der Waals surface area contributed by atoms with Crippen LogP contribution in [0.15, 0.2) is 95.2 Å². The number of likely N-dealkylation sites (tertiary alicyclic amines) is 1. The molecule has 0 aliphatic carbocycles. The van der Waals surface area contributed by atoms with Crippen molar-refractivity contribution in [2.24, 2.45) is 37.6 Å². The van der Waals surface area contributed by atoms with Gasteiger partial charge in [0.15, 0.2) is 29.3 Å². The average Bonchev–Trinajstić information content (AvgIpc) is 1.26. The Kier molecular flexibility index (Phi) is 21.9. The van der Waals surface area contributed by atoms with Crippen molar-refractivity contribution >= 4 is 82.4 Å². The third kappa shape index (κ3) is 17.0. The van der Waals surface area contributed by atoms with E-state index < -0.39 is 46.2 Å². The van der Waals surface area contributed by atoms with Gasteiger partial charge < -0.3 is 49.9 Å². The van der Waals surface area contributed by atoms with E-state index in [0.29, 0.717) is 83.7 Å². The van der Waals surface area contributed by atoms with E-state index in [1.54, 1.807) is 125 Å². The number of nitrogens with zero attached hydrogens (tertiary/aromatic N) is 4. The van der Waals surface area contributed by atoms with E-state index in [1.165, 1.54) is 12.0 Å². The molecule has 6 amide bonds. The number of anilines is 1. The molecule has 4 N–H and O–H groups in total. The van der Waals surface area contributed by atoms with Crippen molar-refractivity contribution in [1.29, 1.82) is 0 Å². The van der Waals surface area contributed by atoms with Crippen LogP contribution in [0, 0.1) is 27.6 Å². The maximum Gasteiger partial charge on any atom is 0.257 e. The number of carbonyl (C=O) groups is 7. The van der Waals surface area contributed by atoms with Gasteiger partial charge in [-0.25, -0.2) is 0 Å². The quantitative estimate of drug-likeness (QED) is 0.0198. The first-order valence-electron chi connectivity index (χ1n) is 30.9. The molecular formula is C71H92N8O12. The standard InChI is InChI=1S/C71H92N8O12/c1-43(2)60(77-64(84)69(8,9)40-70(10,11)79-65(85)71(12,13)66(79)86)63(83)75-44(3)61(81)76-50-25-21-46(22-26-50)48-30-51(78(14)37-48)36-73-54-33-58(56(88-16)31-49(54)38-80)90-41-67(4,5)39-68(6,7)42-91-59-34-55-53(32-57(59)89-17)62(82)74-35-47(20-18-19-29-72-55)45-23-27-52(87-15)28-24-45/h21-29,31-38,43-44,51,60H,18-20,30,39-42H2,1-17H3,(H,74,82)(H,75,83)(H,76,81)(H,77,84)/b47-35+,72-29-,73-36-. The van der Waals surface area contributed by atoms with Crippen LogP contribution < -0.4 is 45.0 Å². The predicted octanol–water partition coefficient (Wildman–Crippen LogP) is 11.7. The minimum atomic E-state index is -1.10. The Morgan fingerprint density at radius 2 is 1.35 bits per heavy atom. The van der Waals surface area contributed by atoms with Crippen LogP contribution in [0.4, 0.5) is 17.1 Å². The number of imide groups is 1. The maximum absolute atomic E-state index is 13.7. The number of allylic oxidation sites excluding steroid dienone is 1. The van der Waals surface area contributed by atoms with Gasteiger partial charge in [0.05, 0.1) is 57.5 Å². The number of β-lactam (4-membered cyclic amide) rings is 2. The van der Waals surface area contributed by atoms with Gasteiger partial charge >= 0.3 is 0 Å². The van der Waals surface area contributed by atoms with E-state index >= 15 is 0 Å². The molecule has 20 heteroatoms. The summed E-state index contributed by atoms with van der Waals surface area (Å²) in [5.41, 5.74) is 2.15. The zero-order chi connectivity index (χ0) is 67.0. The Bertz CT molecular complexity index is 3490. The summed E-state index contributed by atoms with van der Waals surface area (Å²) in [6, 6.07) is 19.8. The lowest BCUT2D eigenvalue weighted by Crippen LogP contribution is -2.70. The van der Waals surface area contributed by atoms with Crippen molar-refractivity contribution in [3.05, 3.63) is 107 Å². The fourth-order valence-corrected chi connectivity index (χ4v) is 12.0. The van der Waals surface area contributed by atoms with Gasteiger partial charge in [0.1, 0.15) is 23.2 Å². The summed E-state index contributed by atoms with van der Waals surface area (Å²) in [6.45, 7) is 24.3. The highest BCUT2D eigenvalue weighted by Gasteiger charge is 2.59. The van der Waals surface area contributed by atoms with Crippen LogP contribution in [0.5, 0.6) is 28.7 Å². The summed E-state index contributed by atoms with van der Waals surface area (Å²) >= 11 is 0. The molecule has 4 aromatic rings. The zero-order valence-electron chi connectivity index (χ0n) is 56.0. The molecule has 3 aliphatic heterocycles. The monoisotopic (exact) mass is 1250 g/mol. The van der Waals surface area contributed by atoms with E-state index in [0.717, 1.165) is 47.2 Å². The van der Waals surface area contributed by atoms with Gasteiger partial charge in [0.25, 0.3) is 5.91 Å². The molecule has 0 saturated carbocycles. The summed E-state index contributed by atoms with van der Waals surface area (Å²) < 4.78 is 29.8. The molecular weight excluding hydrogens is 1160 g/mol. The molecule has 0 spiro atoms. The second-order valence-corrected chi connectivity index (χ2v) is 27.7. The summed E-state index contributed by atoms with van der Waals surface area (Å²) in [5.74, 6) is -0.220. The zero-order valence-corrected chi connectivity index (χ0v) is 56.0. The first-order valence-corrected chi connectivity index (χ1v) is 30.9. The lowest BCUT2D eigenvalue weighted by molar-refractivity contribution is -0.183. The van der Waals surface area contributed by atoms with Gasteiger partial charge in [0, 0.05) is 66.2 Å². The molecule has 488 valence electrons. The number of hydrogen-bond acceptors (Lipinski definition) is 15. The SMILES string of the molecule is COc1ccc(/C2=C/NC(=O)c3cc(OC)c(OCC(C)(C)CC(C)(C)COc4cc(/N=C\C5CC(c6ccc(NC(=O)C(C)NC(=O)C(NC(=O)C(C)(C)CC(C)(C)N7C(=O)C(C)(C)C7=O)C(C)C)cc6)=CN5C)c(C=O)cc4OC)cc3/N=C\CCC2)cc1. The minimum Gasteiger partial charge on any atom is -0.497 e. The average molecular weight is 1250 g/mol. The molecule has 3 unspecified atom stereocenters. The van der Waals surface area contributed by atoms with Crippen molar-refractivity contribution in [1.82, 2.24) is 25.8 Å². The molecule has 3 atom stereocenters. The molecule has 91 heavy (non-hydrogen) atoms. The van der Waals surface area contributed by atoms with Crippen LogP contribution in [-0.2, 0) is 24.0 Å². The van der Waals surface area contributed by atoms with Crippen molar-refractivity contribution in [2.45, 2.75) is 152 Å². The molecule has 4 aromatic carbocycles. The summed E-state index contributed by atoms with van der Waals surface area (Å²) in [7, 11) is 6.64. The van der Waals surface area contributed by atoms with Crippen LogP contribution in [0.3, 0.4) is 0 Å². The number of nitrogens with one attached hydrogen (secondary N) is 4. The number of aliphatic imine (C=N–C) groups is 2. The molecule has 7 rings (SSSR count). The number of aldehydes is 1. The highest BCUT2D eigenvalue weighted by atomic mass is 16.5. The Labute approximate surface area is 536 Å². The number of benzene rings is 4. The number of methoxy groups -OCH3 is 3. The lowest BCUT2D eigenvalue weighted by Gasteiger charge is -2.52. The third-order valence-electron chi connectivity index (χ3n) is 16.8. The van der Waals surface area contributed by atoms with Crippen LogP contribution in [0.1, 0.15) is 160 Å². The van der Waals surface area contributed by atoms with Gasteiger partial charge in [-0.3, -0.25) is 48.4 Å². The second-order valence-electron chi connectivity index (χ2n) is 27.7. The third-order valence-corrected chi connectivity index (χ3v) is 16.8. The number of carbonyl (C=O) groups excluding carboxylic acids is 7. The summed E-state index contributed by atoms with van der Waals surface area (Å²) in [4.78, 5) is 106. The molecule has 1 saturated heterocycles. The number of ether oxygens (including phenoxy) is 5. The van der Waals surface area contributed by atoms with Crippen LogP contribution >= 0.6 is 0 Å². The first-order chi connectivity index (χ1) is 42.7. The Balaban J connectivity index is 0.919. The Morgan fingerprint density at radius 1 is 0.758 bits per heavy atom. The number of fused-ring (bicyclic) bond motifs is 1. The largest absolute Gasteiger partial charge is 0.497 e. The molecule has 3 heterocycles. The normalized spacial score (nSPS) is 17.9. The fourth-order valence-electron chi connectivity index (χ4n) is 12.0. The van der Waals surface area contributed by atoms with Gasteiger partial charge in [-0.2, -0.15) is 0 Å². The van der Waals surface area contributed by atoms with Crippen molar-refractivity contribution in [2.75, 3.05) is 46.9 Å². The van der Waals surface area contributed by atoms with E-state index in [4.69, 9.17) is 33.7 Å². The van der Waals surface area contributed by atoms with E-state index in [1.807, 2.05) is 60.8 Å². The van der Waals surface area contributed by atoms with Crippen LogP contribution in [0.2, 0.25) is 0 Å². The van der Waals surface area contributed by atoms with Gasteiger partial charge in [-0.15, -0.1) is 0 Å². The topological polar surface area (TPSA) is 245 Å². The van der Waals surface area contributed by atoms with E-state index in [-0.39, 0.29) is 46.9 Å². The highest BCUT2D eigenvalue weighted by Crippen LogP contribution is 2.44. The minimum absolute atomic E-state index is 0.154. The van der Waals surface area contributed by atoms with Crippen LogP contribution in [0.25, 0.3) is 11.1 Å². The van der Waals surface area contributed by atoms with Gasteiger partial charge in [-0.05, 0) is 149 Å². The number of rotatable bonds is 26. The summed E-state index contributed by atoms with van der Waals surface area (Å²) in [6.07, 6.45) is 11.9. The molecule has 0 radical (unpaired) electrons. The number of hydrogen-bond donors (Lipinski definition) is 4. The smallest absolute Gasteiger partial charge is 0.257 e.